The first-order chi connectivity index (χ1) is 13.1. The number of aryl methyl sites for hydroxylation is 2. The van der Waals surface area contributed by atoms with Gasteiger partial charge in [-0.3, -0.25) is 14.6 Å². The lowest BCUT2D eigenvalue weighted by molar-refractivity contribution is -0.145. The van der Waals surface area contributed by atoms with Crippen molar-refractivity contribution in [1.82, 2.24) is 20.0 Å². The monoisotopic (exact) mass is 391 g/mol. The Morgan fingerprint density at radius 1 is 1.14 bits per heavy atom. The number of hydrogen-bond donors (Lipinski definition) is 2. The molecular weight excluding hydrogens is 371 g/mol. The smallest absolute Gasteiger partial charge is 0.305 e. The van der Waals surface area contributed by atoms with Crippen molar-refractivity contribution in [3.63, 3.8) is 0 Å². The molecule has 2 aromatic heterocycles. The molecule has 2 N–H and O–H groups in total. The number of H-pyrrole nitrogens is 1. The van der Waals surface area contributed by atoms with Gasteiger partial charge in [0.1, 0.15) is 0 Å². The van der Waals surface area contributed by atoms with E-state index in [4.69, 9.17) is 0 Å². The van der Waals surface area contributed by atoms with Crippen LogP contribution in [0.1, 0.15) is 47.1 Å². The maximum atomic E-state index is 13.4. The summed E-state index contributed by atoms with van der Waals surface area (Å²) in [7, 11) is 0. The maximum absolute atomic E-state index is 13.4. The zero-order valence-corrected chi connectivity index (χ0v) is 15.8. The molecule has 0 radical (unpaired) electrons. The van der Waals surface area contributed by atoms with E-state index in [1.54, 1.807) is 19.9 Å². The number of nitrogens with one attached hydrogen (secondary N) is 2. The third-order valence-corrected chi connectivity index (χ3v) is 4.15. The summed E-state index contributed by atoms with van der Waals surface area (Å²) in [5.41, 5.74) is 2.02. The third kappa shape index (κ3) is 3.92. The van der Waals surface area contributed by atoms with Crippen molar-refractivity contribution >= 4 is 11.7 Å². The summed E-state index contributed by atoms with van der Waals surface area (Å²) in [6.07, 6.45) is -3.78. The molecule has 0 aliphatic heterocycles. The van der Waals surface area contributed by atoms with Gasteiger partial charge in [-0.2, -0.15) is 23.4 Å². The molecule has 1 amide bonds. The number of benzene rings is 1. The number of anilines is 1. The van der Waals surface area contributed by atoms with Crippen LogP contribution in [0.5, 0.6) is 0 Å². The maximum Gasteiger partial charge on any atom is 0.433 e. The van der Waals surface area contributed by atoms with E-state index < -0.39 is 29.4 Å². The summed E-state index contributed by atoms with van der Waals surface area (Å²) >= 11 is 0. The lowest BCUT2D eigenvalue weighted by atomic mass is 10.1. The number of carbonyl (C=O) groups is 1. The van der Waals surface area contributed by atoms with Gasteiger partial charge < -0.3 is 5.32 Å². The van der Waals surface area contributed by atoms with Gasteiger partial charge in [0, 0.05) is 17.7 Å². The number of carbonyl (C=O) groups excluding carboxylic acids is 1. The highest BCUT2D eigenvalue weighted by atomic mass is 19.4. The van der Waals surface area contributed by atoms with Crippen LogP contribution in [0.15, 0.2) is 30.5 Å². The van der Waals surface area contributed by atoms with Crippen LogP contribution in [0.2, 0.25) is 0 Å². The molecule has 3 rings (SSSR count). The lowest BCUT2D eigenvalue weighted by Gasteiger charge is -2.14. The zero-order valence-electron chi connectivity index (χ0n) is 15.8. The largest absolute Gasteiger partial charge is 0.433 e. The molecule has 0 spiro atoms. The molecule has 2 heterocycles. The van der Waals surface area contributed by atoms with Crippen LogP contribution in [0, 0.1) is 13.8 Å². The average Bonchev–Trinajstić information content (AvgIpc) is 3.20. The number of aromatic nitrogens is 4. The van der Waals surface area contributed by atoms with Crippen LogP contribution in [0.25, 0.3) is 11.3 Å². The first-order valence-corrected chi connectivity index (χ1v) is 8.66. The van der Waals surface area contributed by atoms with Crippen molar-refractivity contribution in [3.05, 3.63) is 52.8 Å². The summed E-state index contributed by atoms with van der Waals surface area (Å²) in [5, 5.41) is 12.9. The van der Waals surface area contributed by atoms with Gasteiger partial charge in [-0.1, -0.05) is 17.2 Å². The van der Waals surface area contributed by atoms with Crippen LogP contribution in [-0.4, -0.2) is 25.9 Å². The van der Waals surface area contributed by atoms with Gasteiger partial charge in [0.2, 0.25) is 0 Å². The van der Waals surface area contributed by atoms with Crippen LogP contribution in [0.4, 0.5) is 19.0 Å². The second-order valence-electron chi connectivity index (χ2n) is 6.94. The topological polar surface area (TPSA) is 75.6 Å². The fraction of sp³-hybridized carbons (Fsp3) is 0.316. The highest BCUT2D eigenvalue weighted by molar-refractivity contribution is 6.04. The van der Waals surface area contributed by atoms with Crippen molar-refractivity contribution in [1.29, 1.82) is 0 Å². The molecule has 0 aliphatic rings. The average molecular weight is 391 g/mol. The molecular formula is C19H20F3N5O. The number of halogens is 3. The molecule has 0 atom stereocenters. The standard InChI is InChI=1S/C19H20F3N5O/c1-10(2)27-17(19(20,21)22)14(9-23-27)18(28)24-16-8-15(25-26-16)13-6-11(3)5-12(4)7-13/h5-10H,1-4H3,(H2,24,25,26,28). The summed E-state index contributed by atoms with van der Waals surface area (Å²) in [6.45, 7) is 7.04. The van der Waals surface area contributed by atoms with E-state index in [-0.39, 0.29) is 5.82 Å². The zero-order chi connectivity index (χ0) is 20.6. The molecule has 0 bridgehead atoms. The highest BCUT2D eigenvalue weighted by Crippen LogP contribution is 2.34. The van der Waals surface area contributed by atoms with Crippen molar-refractivity contribution in [2.75, 3.05) is 5.32 Å². The van der Waals surface area contributed by atoms with Gasteiger partial charge in [-0.25, -0.2) is 0 Å². The Labute approximate surface area is 159 Å². The van der Waals surface area contributed by atoms with Crippen molar-refractivity contribution in [3.8, 4) is 11.3 Å². The number of hydrogen-bond acceptors (Lipinski definition) is 3. The number of amides is 1. The highest BCUT2D eigenvalue weighted by Gasteiger charge is 2.40. The molecule has 0 saturated heterocycles. The van der Waals surface area contributed by atoms with Crippen LogP contribution in [0.3, 0.4) is 0 Å². The molecule has 3 aromatic rings. The van der Waals surface area contributed by atoms with E-state index in [1.165, 1.54) is 0 Å². The molecule has 9 heteroatoms. The van der Waals surface area contributed by atoms with Gasteiger partial charge in [-0.05, 0) is 39.8 Å². The molecule has 0 aliphatic carbocycles. The minimum absolute atomic E-state index is 0.129. The van der Waals surface area contributed by atoms with Crippen LogP contribution >= 0.6 is 0 Å². The first kappa shape index (κ1) is 19.7. The summed E-state index contributed by atoms with van der Waals surface area (Å²) in [5.74, 6) is -0.790. The fourth-order valence-corrected chi connectivity index (χ4v) is 3.05. The second-order valence-corrected chi connectivity index (χ2v) is 6.94. The molecule has 28 heavy (non-hydrogen) atoms. The van der Waals surface area contributed by atoms with Gasteiger partial charge in [0.05, 0.1) is 17.5 Å². The Kier molecular flexibility index (Phi) is 5.01. The number of alkyl halides is 3. The van der Waals surface area contributed by atoms with E-state index in [2.05, 4.69) is 20.6 Å². The van der Waals surface area contributed by atoms with Crippen molar-refractivity contribution in [2.24, 2.45) is 0 Å². The van der Waals surface area contributed by atoms with Gasteiger partial charge in [0.15, 0.2) is 11.5 Å². The van der Waals surface area contributed by atoms with E-state index in [0.717, 1.165) is 27.6 Å². The Bertz CT molecular complexity index is 997. The van der Waals surface area contributed by atoms with Crippen LogP contribution in [-0.2, 0) is 6.18 Å². The minimum atomic E-state index is -4.71. The number of aromatic amines is 1. The molecule has 148 valence electrons. The minimum Gasteiger partial charge on any atom is -0.305 e. The summed E-state index contributed by atoms with van der Waals surface area (Å²) < 4.78 is 41.1. The van der Waals surface area contributed by atoms with Crippen molar-refractivity contribution in [2.45, 2.75) is 39.9 Å². The predicted octanol–water partition coefficient (Wildman–Crippen LogP) is 4.74. The predicted molar refractivity (Wildman–Crippen MR) is 99.1 cm³/mol. The summed E-state index contributed by atoms with van der Waals surface area (Å²) in [4.78, 5) is 12.5. The van der Waals surface area contributed by atoms with E-state index >= 15 is 0 Å². The van der Waals surface area contributed by atoms with Crippen molar-refractivity contribution < 1.29 is 18.0 Å². The van der Waals surface area contributed by atoms with E-state index in [1.807, 2.05) is 32.0 Å². The van der Waals surface area contributed by atoms with Gasteiger partial charge >= 0.3 is 6.18 Å². The Hall–Kier alpha value is -3.10. The summed E-state index contributed by atoms with van der Waals surface area (Å²) in [6, 6.07) is 6.95. The second kappa shape index (κ2) is 7.14. The van der Waals surface area contributed by atoms with Crippen LogP contribution < -0.4 is 5.32 Å². The molecule has 0 fully saturated rings. The quantitative estimate of drug-likeness (QED) is 0.674. The van der Waals surface area contributed by atoms with Gasteiger partial charge in [0.25, 0.3) is 5.91 Å². The Morgan fingerprint density at radius 2 is 1.79 bits per heavy atom. The molecule has 1 aromatic carbocycles. The van der Waals surface area contributed by atoms with E-state index in [0.29, 0.717) is 5.69 Å². The number of rotatable bonds is 4. The molecule has 6 nitrogen and oxygen atoms in total. The fourth-order valence-electron chi connectivity index (χ4n) is 3.05. The third-order valence-electron chi connectivity index (χ3n) is 4.15. The lowest BCUT2D eigenvalue weighted by Crippen LogP contribution is -2.22. The normalized spacial score (nSPS) is 11.9. The SMILES string of the molecule is Cc1cc(C)cc(-c2cc(NC(=O)c3cnn(C(C)C)c3C(F)(F)F)n[nH]2)c1. The Morgan fingerprint density at radius 3 is 2.36 bits per heavy atom. The first-order valence-electron chi connectivity index (χ1n) is 8.66. The Balaban J connectivity index is 1.88. The van der Waals surface area contributed by atoms with E-state index in [9.17, 15) is 18.0 Å². The van der Waals surface area contributed by atoms with Gasteiger partial charge in [-0.15, -0.1) is 0 Å². The number of nitrogens with zero attached hydrogens (tertiary/aromatic N) is 3. The molecule has 0 unspecified atom stereocenters. The molecule has 0 saturated carbocycles.